The Morgan fingerprint density at radius 3 is 2.47 bits per heavy atom. The van der Waals surface area contributed by atoms with Gasteiger partial charge in [0.15, 0.2) is 0 Å². The van der Waals surface area contributed by atoms with E-state index in [9.17, 15) is 4.79 Å². The Labute approximate surface area is 114 Å². The van der Waals surface area contributed by atoms with Gasteiger partial charge in [0.25, 0.3) is 0 Å². The smallest absolute Gasteiger partial charge is 0.225 e. The van der Waals surface area contributed by atoms with Gasteiger partial charge in [0.2, 0.25) is 5.91 Å². The molecule has 0 saturated heterocycles. The molecule has 1 unspecified atom stereocenters. The Balaban J connectivity index is 2.52. The Morgan fingerprint density at radius 1 is 1.37 bits per heavy atom. The molecule has 0 saturated carbocycles. The molecule has 0 heterocycles. The lowest BCUT2D eigenvalue weighted by Crippen LogP contribution is -2.35. The van der Waals surface area contributed by atoms with Gasteiger partial charge in [-0.25, -0.2) is 0 Å². The summed E-state index contributed by atoms with van der Waals surface area (Å²) >= 11 is 0. The van der Waals surface area contributed by atoms with E-state index in [4.69, 9.17) is 10.00 Å². The van der Waals surface area contributed by atoms with Gasteiger partial charge in [-0.2, -0.15) is 5.26 Å². The van der Waals surface area contributed by atoms with Crippen LogP contribution in [0.4, 0.5) is 0 Å². The summed E-state index contributed by atoms with van der Waals surface area (Å²) in [6.45, 7) is 4.06. The number of rotatable bonds is 6. The molecule has 1 amide bonds. The number of carbonyl (C=O) groups is 1. The van der Waals surface area contributed by atoms with Crippen LogP contribution in [0.2, 0.25) is 0 Å². The van der Waals surface area contributed by atoms with E-state index in [1.165, 1.54) is 0 Å². The lowest BCUT2D eigenvalue weighted by atomic mass is 10.0. The quantitative estimate of drug-likeness (QED) is 0.853. The second kappa shape index (κ2) is 7.42. The van der Waals surface area contributed by atoms with E-state index >= 15 is 0 Å². The number of methoxy groups -OCH3 is 1. The van der Waals surface area contributed by atoms with Crippen molar-refractivity contribution >= 4 is 5.91 Å². The van der Waals surface area contributed by atoms with Crippen LogP contribution in [0.3, 0.4) is 0 Å². The average Bonchev–Trinajstić information content (AvgIpc) is 2.38. The second-order valence-corrected chi connectivity index (χ2v) is 4.90. The molecule has 0 radical (unpaired) electrons. The molecule has 1 aromatic rings. The van der Waals surface area contributed by atoms with Gasteiger partial charge in [0, 0.05) is 0 Å². The lowest BCUT2D eigenvalue weighted by Gasteiger charge is -2.13. The zero-order valence-corrected chi connectivity index (χ0v) is 11.6. The number of benzene rings is 1. The first kappa shape index (κ1) is 15.0. The van der Waals surface area contributed by atoms with Gasteiger partial charge in [0.05, 0.1) is 19.6 Å². The fraction of sp³-hybridized carbons (Fsp3) is 0.467. The van der Waals surface area contributed by atoms with Gasteiger partial charge in [-0.05, 0) is 30.0 Å². The molecule has 1 rings (SSSR count). The normalized spacial score (nSPS) is 11.7. The van der Waals surface area contributed by atoms with Crippen molar-refractivity contribution in [3.05, 3.63) is 29.8 Å². The number of hydrogen-bond acceptors (Lipinski definition) is 3. The van der Waals surface area contributed by atoms with Gasteiger partial charge >= 0.3 is 0 Å². The average molecular weight is 260 g/mol. The molecule has 0 bridgehead atoms. The second-order valence-electron chi connectivity index (χ2n) is 4.90. The molecule has 0 aliphatic carbocycles. The predicted molar refractivity (Wildman–Crippen MR) is 73.7 cm³/mol. The van der Waals surface area contributed by atoms with E-state index in [2.05, 4.69) is 11.4 Å². The zero-order chi connectivity index (χ0) is 14.3. The minimum atomic E-state index is -0.411. The summed E-state index contributed by atoms with van der Waals surface area (Å²) in [6, 6.07) is 9.04. The first-order valence-corrected chi connectivity index (χ1v) is 6.37. The first-order valence-electron chi connectivity index (χ1n) is 6.37. The molecule has 1 aromatic carbocycles. The fourth-order valence-electron chi connectivity index (χ4n) is 1.79. The third-order valence-electron chi connectivity index (χ3n) is 2.72. The number of amides is 1. The first-order chi connectivity index (χ1) is 9.05. The molecule has 1 atom stereocenters. The Bertz CT molecular complexity index is 446. The van der Waals surface area contributed by atoms with Gasteiger partial charge in [-0.1, -0.05) is 26.0 Å². The van der Waals surface area contributed by atoms with E-state index in [1.807, 2.05) is 38.1 Å². The summed E-state index contributed by atoms with van der Waals surface area (Å²) in [5, 5.41) is 11.7. The Hall–Kier alpha value is -2.02. The van der Waals surface area contributed by atoms with Crippen molar-refractivity contribution in [2.24, 2.45) is 5.92 Å². The molecule has 102 valence electrons. The van der Waals surface area contributed by atoms with Crippen LogP contribution in [0.1, 0.15) is 25.8 Å². The molecular weight excluding hydrogens is 240 g/mol. The third-order valence-corrected chi connectivity index (χ3v) is 2.72. The molecule has 0 aliphatic rings. The van der Waals surface area contributed by atoms with E-state index in [0.29, 0.717) is 12.3 Å². The minimum absolute atomic E-state index is 0.127. The van der Waals surface area contributed by atoms with E-state index in [1.54, 1.807) is 7.11 Å². The fourth-order valence-corrected chi connectivity index (χ4v) is 1.79. The molecular formula is C15H20N2O2. The molecule has 19 heavy (non-hydrogen) atoms. The predicted octanol–water partition coefficient (Wildman–Crippen LogP) is 2.29. The van der Waals surface area contributed by atoms with Crippen molar-refractivity contribution in [2.45, 2.75) is 32.7 Å². The van der Waals surface area contributed by atoms with Gasteiger partial charge < -0.3 is 10.1 Å². The van der Waals surface area contributed by atoms with Crippen LogP contribution in [-0.4, -0.2) is 19.1 Å². The van der Waals surface area contributed by atoms with Crippen LogP contribution < -0.4 is 10.1 Å². The summed E-state index contributed by atoms with van der Waals surface area (Å²) in [4.78, 5) is 11.8. The van der Waals surface area contributed by atoms with E-state index in [0.717, 1.165) is 11.3 Å². The van der Waals surface area contributed by atoms with Crippen LogP contribution in [-0.2, 0) is 11.2 Å². The highest BCUT2D eigenvalue weighted by Gasteiger charge is 2.13. The van der Waals surface area contributed by atoms with Gasteiger partial charge in [-0.3, -0.25) is 4.79 Å². The molecule has 0 aromatic heterocycles. The molecule has 0 fully saturated rings. The molecule has 1 N–H and O–H groups in total. The van der Waals surface area contributed by atoms with Crippen molar-refractivity contribution in [3.8, 4) is 11.8 Å². The summed E-state index contributed by atoms with van der Waals surface area (Å²) in [6.07, 6.45) is 0.950. The highest BCUT2D eigenvalue weighted by molar-refractivity contribution is 5.79. The van der Waals surface area contributed by atoms with E-state index < -0.39 is 6.04 Å². The largest absolute Gasteiger partial charge is 0.497 e. The van der Waals surface area contributed by atoms with Crippen LogP contribution in [0.15, 0.2) is 24.3 Å². The molecule has 4 nitrogen and oxygen atoms in total. The number of ether oxygens (including phenoxy) is 1. The topological polar surface area (TPSA) is 62.1 Å². The Kier molecular flexibility index (Phi) is 5.87. The maximum atomic E-state index is 11.8. The summed E-state index contributed by atoms with van der Waals surface area (Å²) in [7, 11) is 1.60. The van der Waals surface area contributed by atoms with Crippen LogP contribution in [0.5, 0.6) is 5.75 Å². The molecule has 0 spiro atoms. The van der Waals surface area contributed by atoms with Crippen molar-refractivity contribution in [2.75, 3.05) is 7.11 Å². The van der Waals surface area contributed by atoms with Gasteiger partial charge in [-0.15, -0.1) is 0 Å². The van der Waals surface area contributed by atoms with Crippen molar-refractivity contribution < 1.29 is 9.53 Å². The number of nitrogens with zero attached hydrogens (tertiary/aromatic N) is 1. The maximum absolute atomic E-state index is 11.8. The SMILES string of the molecule is COc1ccc(CC(=O)NC(C#N)CC(C)C)cc1. The maximum Gasteiger partial charge on any atom is 0.225 e. The number of hydrogen-bond donors (Lipinski definition) is 1. The zero-order valence-electron chi connectivity index (χ0n) is 11.6. The van der Waals surface area contributed by atoms with Crippen LogP contribution in [0.25, 0.3) is 0 Å². The Morgan fingerprint density at radius 2 is 2.00 bits per heavy atom. The van der Waals surface area contributed by atoms with Crippen molar-refractivity contribution in [3.63, 3.8) is 0 Å². The third kappa shape index (κ3) is 5.43. The van der Waals surface area contributed by atoms with Crippen LogP contribution in [0, 0.1) is 17.2 Å². The molecule has 4 heteroatoms. The minimum Gasteiger partial charge on any atom is -0.497 e. The van der Waals surface area contributed by atoms with Gasteiger partial charge in [0.1, 0.15) is 11.8 Å². The van der Waals surface area contributed by atoms with Crippen molar-refractivity contribution in [1.82, 2.24) is 5.32 Å². The number of carbonyl (C=O) groups excluding carboxylic acids is 1. The summed E-state index contributed by atoms with van der Waals surface area (Å²) < 4.78 is 5.06. The van der Waals surface area contributed by atoms with Crippen molar-refractivity contribution in [1.29, 1.82) is 5.26 Å². The molecule has 0 aliphatic heterocycles. The summed E-state index contributed by atoms with van der Waals surface area (Å²) in [5.74, 6) is 1.02. The van der Waals surface area contributed by atoms with E-state index in [-0.39, 0.29) is 12.3 Å². The lowest BCUT2D eigenvalue weighted by molar-refractivity contribution is -0.120. The van der Waals surface area contributed by atoms with Crippen LogP contribution >= 0.6 is 0 Å². The standard InChI is InChI=1S/C15H20N2O2/c1-11(2)8-13(10-16)17-15(18)9-12-4-6-14(19-3)7-5-12/h4-7,11,13H,8-9H2,1-3H3,(H,17,18). The monoisotopic (exact) mass is 260 g/mol. The summed E-state index contributed by atoms with van der Waals surface area (Å²) in [5.41, 5.74) is 0.902. The number of nitrogens with one attached hydrogen (secondary N) is 1. The number of nitriles is 1. The highest BCUT2D eigenvalue weighted by Crippen LogP contribution is 2.12. The highest BCUT2D eigenvalue weighted by atomic mass is 16.5.